The topological polar surface area (TPSA) is 89.1 Å². The van der Waals surface area contributed by atoms with E-state index in [1.807, 2.05) is 13.8 Å². The summed E-state index contributed by atoms with van der Waals surface area (Å²) in [5, 5.41) is 6.02. The lowest BCUT2D eigenvalue weighted by Gasteiger charge is -2.23. The molecule has 2 N–H and O–H groups in total. The first-order chi connectivity index (χ1) is 15.3. The maximum atomic E-state index is 12.6. The van der Waals surface area contributed by atoms with Crippen LogP contribution in [-0.4, -0.2) is 56.7 Å². The average Bonchev–Trinajstić information content (AvgIpc) is 2.75. The number of likely N-dealkylation sites (N-methyl/N-ethyl adjacent to an activating group) is 1. The zero-order valence-electron chi connectivity index (χ0n) is 19.0. The summed E-state index contributed by atoms with van der Waals surface area (Å²) in [6, 6.07) is 9.65. The highest BCUT2D eigenvalue weighted by Gasteiger charge is 2.21. The first-order valence-corrected chi connectivity index (χ1v) is 10.7. The molecule has 174 valence electrons. The fourth-order valence-electron chi connectivity index (χ4n) is 2.88. The minimum Gasteiger partial charge on any atom is -0.495 e. The quantitative estimate of drug-likeness (QED) is 0.522. The minimum atomic E-state index is -0.555. The van der Waals surface area contributed by atoms with Crippen LogP contribution in [0.1, 0.15) is 20.8 Å². The summed E-state index contributed by atoms with van der Waals surface area (Å²) in [6.07, 6.45) is 0. The maximum Gasteiger partial charge on any atom is 0.241 e. The third-order valence-electron chi connectivity index (χ3n) is 4.68. The molecule has 1 unspecified atom stereocenters. The van der Waals surface area contributed by atoms with Gasteiger partial charge in [0.25, 0.3) is 0 Å². The van der Waals surface area contributed by atoms with Gasteiger partial charge in [-0.05, 0) is 58.2 Å². The normalized spacial score (nSPS) is 11.6. The molecule has 2 aromatic carbocycles. The van der Waals surface area contributed by atoms with E-state index in [2.05, 4.69) is 10.6 Å². The second-order valence-electron chi connectivity index (χ2n) is 7.01. The van der Waals surface area contributed by atoms with E-state index in [4.69, 9.17) is 25.8 Å². The number of anilines is 2. The van der Waals surface area contributed by atoms with Crippen molar-refractivity contribution in [3.63, 3.8) is 0 Å². The van der Waals surface area contributed by atoms with Gasteiger partial charge in [0.1, 0.15) is 5.75 Å². The molecule has 2 aromatic rings. The molecule has 0 fully saturated rings. The van der Waals surface area contributed by atoms with Gasteiger partial charge < -0.3 is 24.8 Å². The van der Waals surface area contributed by atoms with E-state index in [0.29, 0.717) is 46.9 Å². The Labute approximate surface area is 193 Å². The molecule has 2 rings (SSSR count). The zero-order valence-corrected chi connectivity index (χ0v) is 19.8. The third-order valence-corrected chi connectivity index (χ3v) is 4.98. The van der Waals surface area contributed by atoms with Crippen LogP contribution in [0.4, 0.5) is 11.4 Å². The Morgan fingerprint density at radius 2 is 1.56 bits per heavy atom. The van der Waals surface area contributed by atoms with Crippen LogP contribution in [0.5, 0.6) is 17.2 Å². The molecule has 0 aliphatic heterocycles. The molecule has 0 heterocycles. The molecule has 0 radical (unpaired) electrons. The predicted molar refractivity (Wildman–Crippen MR) is 126 cm³/mol. The Morgan fingerprint density at radius 1 is 0.969 bits per heavy atom. The highest BCUT2D eigenvalue weighted by atomic mass is 35.5. The molecule has 1 atom stereocenters. The largest absolute Gasteiger partial charge is 0.495 e. The van der Waals surface area contributed by atoms with Crippen molar-refractivity contribution in [2.75, 3.05) is 44.5 Å². The van der Waals surface area contributed by atoms with Gasteiger partial charge in [-0.15, -0.1) is 0 Å². The summed E-state index contributed by atoms with van der Waals surface area (Å²) >= 11 is 6.10. The van der Waals surface area contributed by atoms with Crippen LogP contribution < -0.4 is 24.8 Å². The SMILES string of the molecule is CCOc1ccc(NC(=O)CN(C)C(C)C(=O)Nc2ccc(OC)c(Cl)c2)cc1OCC. The van der Waals surface area contributed by atoms with Gasteiger partial charge in [-0.2, -0.15) is 0 Å². The van der Waals surface area contributed by atoms with Crippen LogP contribution in [0.25, 0.3) is 0 Å². The van der Waals surface area contributed by atoms with Gasteiger partial charge >= 0.3 is 0 Å². The third kappa shape index (κ3) is 7.03. The molecular formula is C23H30ClN3O5. The van der Waals surface area contributed by atoms with Gasteiger partial charge in [0.05, 0.1) is 37.9 Å². The van der Waals surface area contributed by atoms with Crippen LogP contribution in [0.3, 0.4) is 0 Å². The summed E-state index contributed by atoms with van der Waals surface area (Å²) in [5.74, 6) is 1.18. The van der Waals surface area contributed by atoms with Crippen molar-refractivity contribution in [1.82, 2.24) is 4.90 Å². The maximum absolute atomic E-state index is 12.6. The minimum absolute atomic E-state index is 0.0230. The van der Waals surface area contributed by atoms with Crippen molar-refractivity contribution >= 4 is 34.8 Å². The van der Waals surface area contributed by atoms with E-state index in [9.17, 15) is 9.59 Å². The number of benzene rings is 2. The van der Waals surface area contributed by atoms with E-state index in [-0.39, 0.29) is 18.4 Å². The van der Waals surface area contributed by atoms with Gasteiger partial charge in [0.15, 0.2) is 11.5 Å². The molecule has 0 aromatic heterocycles. The Kier molecular flexibility index (Phi) is 9.61. The number of rotatable bonds is 11. The number of hydrogen-bond donors (Lipinski definition) is 2. The summed E-state index contributed by atoms with van der Waals surface area (Å²) in [6.45, 7) is 6.50. The summed E-state index contributed by atoms with van der Waals surface area (Å²) in [7, 11) is 3.22. The molecule has 9 heteroatoms. The number of nitrogens with zero attached hydrogens (tertiary/aromatic N) is 1. The number of amides is 2. The highest BCUT2D eigenvalue weighted by molar-refractivity contribution is 6.32. The lowest BCUT2D eigenvalue weighted by atomic mass is 10.2. The van der Waals surface area contributed by atoms with Crippen LogP contribution in [0.15, 0.2) is 36.4 Å². The van der Waals surface area contributed by atoms with Crippen molar-refractivity contribution in [3.8, 4) is 17.2 Å². The fraction of sp³-hybridized carbons (Fsp3) is 0.391. The fourth-order valence-corrected chi connectivity index (χ4v) is 3.14. The van der Waals surface area contributed by atoms with Crippen LogP contribution >= 0.6 is 11.6 Å². The summed E-state index contributed by atoms with van der Waals surface area (Å²) in [4.78, 5) is 26.7. The van der Waals surface area contributed by atoms with Gasteiger partial charge in [-0.3, -0.25) is 14.5 Å². The predicted octanol–water partition coefficient (Wildman–Crippen LogP) is 4.04. The molecule has 32 heavy (non-hydrogen) atoms. The standard InChI is InChI=1S/C23H30ClN3O5/c1-6-31-20-11-9-17(13-21(20)32-7-2)25-22(28)14-27(4)15(3)23(29)26-16-8-10-19(30-5)18(24)12-16/h8-13,15H,6-7,14H2,1-5H3,(H,25,28)(H,26,29). The Balaban J connectivity index is 1.95. The highest BCUT2D eigenvalue weighted by Crippen LogP contribution is 2.30. The van der Waals surface area contributed by atoms with E-state index < -0.39 is 6.04 Å². The van der Waals surface area contributed by atoms with Crippen molar-refractivity contribution < 1.29 is 23.8 Å². The van der Waals surface area contributed by atoms with Gasteiger partial charge in [-0.25, -0.2) is 0 Å². The molecule has 0 bridgehead atoms. The molecule has 0 saturated carbocycles. The molecule has 0 spiro atoms. The number of carbonyl (C=O) groups is 2. The van der Waals surface area contributed by atoms with E-state index in [1.165, 1.54) is 7.11 Å². The second-order valence-corrected chi connectivity index (χ2v) is 7.41. The lowest BCUT2D eigenvalue weighted by molar-refractivity contribution is -0.122. The van der Waals surface area contributed by atoms with E-state index in [1.54, 1.807) is 55.3 Å². The Bertz CT molecular complexity index is 938. The number of nitrogens with one attached hydrogen (secondary N) is 2. The number of hydrogen-bond acceptors (Lipinski definition) is 6. The molecule has 0 aliphatic rings. The first kappa shape index (κ1) is 25.3. The van der Waals surface area contributed by atoms with Gasteiger partial charge in [-0.1, -0.05) is 11.6 Å². The Hall–Kier alpha value is -2.97. The molecule has 0 aliphatic carbocycles. The average molecular weight is 464 g/mol. The van der Waals surface area contributed by atoms with Crippen molar-refractivity contribution in [2.24, 2.45) is 0 Å². The molecule has 0 saturated heterocycles. The van der Waals surface area contributed by atoms with Crippen LogP contribution in [0.2, 0.25) is 5.02 Å². The van der Waals surface area contributed by atoms with Crippen molar-refractivity contribution in [3.05, 3.63) is 41.4 Å². The van der Waals surface area contributed by atoms with Crippen LogP contribution in [-0.2, 0) is 9.59 Å². The molecule has 2 amide bonds. The van der Waals surface area contributed by atoms with Gasteiger partial charge in [0.2, 0.25) is 11.8 Å². The van der Waals surface area contributed by atoms with Crippen LogP contribution in [0, 0.1) is 0 Å². The van der Waals surface area contributed by atoms with Crippen molar-refractivity contribution in [2.45, 2.75) is 26.8 Å². The van der Waals surface area contributed by atoms with E-state index >= 15 is 0 Å². The number of halogens is 1. The van der Waals surface area contributed by atoms with E-state index in [0.717, 1.165) is 0 Å². The van der Waals surface area contributed by atoms with Gasteiger partial charge in [0, 0.05) is 17.4 Å². The lowest BCUT2D eigenvalue weighted by Crippen LogP contribution is -2.43. The molecule has 8 nitrogen and oxygen atoms in total. The number of carbonyl (C=O) groups excluding carboxylic acids is 2. The summed E-state index contributed by atoms with van der Waals surface area (Å²) in [5.41, 5.74) is 1.13. The first-order valence-electron chi connectivity index (χ1n) is 10.3. The van der Waals surface area contributed by atoms with Crippen molar-refractivity contribution in [1.29, 1.82) is 0 Å². The number of ether oxygens (including phenoxy) is 3. The molecular weight excluding hydrogens is 434 g/mol. The summed E-state index contributed by atoms with van der Waals surface area (Å²) < 4.78 is 16.2. The smallest absolute Gasteiger partial charge is 0.241 e. The zero-order chi connectivity index (χ0) is 23.7. The number of methoxy groups -OCH3 is 1. The second kappa shape index (κ2) is 12.2. The monoisotopic (exact) mass is 463 g/mol. The Morgan fingerprint density at radius 3 is 2.16 bits per heavy atom.